The number of piperazine rings is 1. The Hall–Kier alpha value is -2.39. The number of carbonyl (C=O) groups is 1. The molecule has 1 aliphatic heterocycles. The fourth-order valence-electron chi connectivity index (χ4n) is 3.32. The third kappa shape index (κ3) is 4.53. The summed E-state index contributed by atoms with van der Waals surface area (Å²) in [6.07, 6.45) is 1.01. The number of nitrogens with zero attached hydrogens (tertiary/aromatic N) is 3. The van der Waals surface area contributed by atoms with Crippen LogP contribution < -0.4 is 4.74 Å². The van der Waals surface area contributed by atoms with Crippen LogP contribution in [0, 0.1) is 13.8 Å². The molecule has 8 nitrogen and oxygen atoms in total. The van der Waals surface area contributed by atoms with Crippen molar-refractivity contribution in [2.75, 3.05) is 32.8 Å². The van der Waals surface area contributed by atoms with Crippen LogP contribution >= 0.6 is 0 Å². The van der Waals surface area contributed by atoms with Crippen molar-refractivity contribution in [3.63, 3.8) is 0 Å². The molecule has 0 aliphatic carbocycles. The first-order valence-corrected chi connectivity index (χ1v) is 10.8. The minimum atomic E-state index is -3.60. The minimum absolute atomic E-state index is 0.0318. The number of aromatic amines is 1. The van der Waals surface area contributed by atoms with Crippen molar-refractivity contribution in [2.24, 2.45) is 0 Å². The number of nitrogens with one attached hydrogen (secondary N) is 1. The van der Waals surface area contributed by atoms with E-state index in [1.165, 1.54) is 4.31 Å². The zero-order valence-corrected chi connectivity index (χ0v) is 17.0. The van der Waals surface area contributed by atoms with Gasteiger partial charge < -0.3 is 9.64 Å². The number of H-pyrrole nitrogens is 1. The topological polar surface area (TPSA) is 95.6 Å². The summed E-state index contributed by atoms with van der Waals surface area (Å²) in [5, 5.41) is 6.69. The third-order valence-corrected chi connectivity index (χ3v) is 6.96. The largest absolute Gasteiger partial charge is 0.494 e. The number of ether oxygens (including phenoxy) is 1. The highest BCUT2D eigenvalue weighted by atomic mass is 32.2. The van der Waals surface area contributed by atoms with Gasteiger partial charge in [-0.15, -0.1) is 0 Å². The van der Waals surface area contributed by atoms with Gasteiger partial charge in [0.05, 0.1) is 18.0 Å². The fourth-order valence-corrected chi connectivity index (χ4v) is 5.07. The molecule has 0 saturated carbocycles. The molecule has 0 radical (unpaired) electrons. The Labute approximate surface area is 165 Å². The molecule has 1 N–H and O–H groups in total. The molecule has 1 aromatic heterocycles. The summed E-state index contributed by atoms with van der Waals surface area (Å²) in [5.41, 5.74) is 1.00. The number of benzene rings is 1. The van der Waals surface area contributed by atoms with Gasteiger partial charge in [0.2, 0.25) is 15.9 Å². The number of para-hydroxylation sites is 1. The molecule has 0 spiro atoms. The van der Waals surface area contributed by atoms with Crippen molar-refractivity contribution in [3.8, 4) is 5.75 Å². The Balaban J connectivity index is 1.46. The van der Waals surface area contributed by atoms with Gasteiger partial charge in [-0.25, -0.2) is 8.42 Å². The lowest BCUT2D eigenvalue weighted by atomic mass is 10.2. The molecule has 28 heavy (non-hydrogen) atoms. The average molecular weight is 407 g/mol. The molecule has 9 heteroatoms. The lowest BCUT2D eigenvalue weighted by Crippen LogP contribution is -2.50. The van der Waals surface area contributed by atoms with Crippen LogP contribution in [0.25, 0.3) is 0 Å². The summed E-state index contributed by atoms with van der Waals surface area (Å²) < 4.78 is 32.7. The van der Waals surface area contributed by atoms with Crippen LogP contribution in [0.1, 0.15) is 24.2 Å². The van der Waals surface area contributed by atoms with E-state index in [0.717, 1.165) is 5.75 Å². The highest BCUT2D eigenvalue weighted by molar-refractivity contribution is 7.89. The van der Waals surface area contributed by atoms with E-state index in [4.69, 9.17) is 4.74 Å². The molecule has 2 heterocycles. The monoisotopic (exact) mass is 406 g/mol. The van der Waals surface area contributed by atoms with Gasteiger partial charge in [-0.2, -0.15) is 9.40 Å². The minimum Gasteiger partial charge on any atom is -0.494 e. The maximum absolute atomic E-state index is 12.9. The van der Waals surface area contributed by atoms with E-state index in [-0.39, 0.29) is 10.8 Å². The van der Waals surface area contributed by atoms with Gasteiger partial charge in [0.25, 0.3) is 0 Å². The lowest BCUT2D eigenvalue weighted by Gasteiger charge is -2.34. The SMILES string of the molecule is Cc1n[nH]c(C)c1S(=O)(=O)N1CCN(C(=O)CCCOc2ccccc2)CC1. The Morgan fingerprint density at radius 3 is 2.43 bits per heavy atom. The summed E-state index contributed by atoms with van der Waals surface area (Å²) in [5.74, 6) is 0.822. The first-order valence-electron chi connectivity index (χ1n) is 9.37. The lowest BCUT2D eigenvalue weighted by molar-refractivity contribution is -0.132. The number of rotatable bonds is 7. The normalized spacial score (nSPS) is 15.6. The van der Waals surface area contributed by atoms with Crippen molar-refractivity contribution in [2.45, 2.75) is 31.6 Å². The summed E-state index contributed by atoms with van der Waals surface area (Å²) in [7, 11) is -3.60. The molecule has 2 aromatic rings. The van der Waals surface area contributed by atoms with Crippen molar-refractivity contribution in [1.29, 1.82) is 0 Å². The van der Waals surface area contributed by atoms with Crippen molar-refractivity contribution in [3.05, 3.63) is 41.7 Å². The number of aromatic nitrogens is 2. The molecule has 1 aliphatic rings. The summed E-state index contributed by atoms with van der Waals surface area (Å²) in [6.45, 7) is 5.22. The van der Waals surface area contributed by atoms with E-state index in [1.54, 1.807) is 18.7 Å². The highest BCUT2D eigenvalue weighted by Crippen LogP contribution is 2.23. The predicted molar refractivity (Wildman–Crippen MR) is 105 cm³/mol. The molecule has 0 bridgehead atoms. The number of aryl methyl sites for hydroxylation is 2. The summed E-state index contributed by atoms with van der Waals surface area (Å²) in [4.78, 5) is 14.4. The summed E-state index contributed by atoms with van der Waals surface area (Å²) >= 11 is 0. The fraction of sp³-hybridized carbons (Fsp3) is 0.474. The van der Waals surface area contributed by atoms with E-state index < -0.39 is 10.0 Å². The molecule has 1 fully saturated rings. The zero-order chi connectivity index (χ0) is 20.1. The number of carbonyl (C=O) groups excluding carboxylic acids is 1. The number of amides is 1. The predicted octanol–water partition coefficient (Wildman–Crippen LogP) is 1.72. The Kier molecular flexibility index (Phi) is 6.35. The van der Waals surface area contributed by atoms with Crippen molar-refractivity contribution < 1.29 is 17.9 Å². The van der Waals surface area contributed by atoms with E-state index in [0.29, 0.717) is 57.0 Å². The van der Waals surface area contributed by atoms with E-state index in [2.05, 4.69) is 10.2 Å². The van der Waals surface area contributed by atoms with Gasteiger partial charge in [-0.3, -0.25) is 9.89 Å². The second-order valence-corrected chi connectivity index (χ2v) is 8.69. The second kappa shape index (κ2) is 8.74. The van der Waals surface area contributed by atoms with Crippen molar-refractivity contribution >= 4 is 15.9 Å². The van der Waals surface area contributed by atoms with E-state index in [9.17, 15) is 13.2 Å². The first-order chi connectivity index (χ1) is 13.4. The summed E-state index contributed by atoms with van der Waals surface area (Å²) in [6, 6.07) is 9.49. The molecule has 1 aromatic carbocycles. The van der Waals surface area contributed by atoms with Crippen LogP contribution in [0.2, 0.25) is 0 Å². The van der Waals surface area contributed by atoms with Gasteiger partial charge in [0, 0.05) is 32.6 Å². The van der Waals surface area contributed by atoms with Crippen LogP contribution in [0.5, 0.6) is 5.75 Å². The second-order valence-electron chi connectivity index (χ2n) is 6.81. The number of sulfonamides is 1. The Bertz CT molecular complexity index is 884. The molecule has 152 valence electrons. The third-order valence-electron chi connectivity index (χ3n) is 4.80. The van der Waals surface area contributed by atoms with Gasteiger partial charge >= 0.3 is 0 Å². The van der Waals surface area contributed by atoms with Gasteiger partial charge in [-0.1, -0.05) is 18.2 Å². The van der Waals surface area contributed by atoms with Crippen LogP contribution in [-0.2, 0) is 14.8 Å². The zero-order valence-electron chi connectivity index (χ0n) is 16.2. The van der Waals surface area contributed by atoms with Crippen LogP contribution in [0.3, 0.4) is 0 Å². The Morgan fingerprint density at radius 1 is 1.14 bits per heavy atom. The van der Waals surface area contributed by atoms with E-state index in [1.807, 2.05) is 30.3 Å². The smallest absolute Gasteiger partial charge is 0.246 e. The quantitative estimate of drug-likeness (QED) is 0.707. The maximum atomic E-state index is 12.9. The van der Waals surface area contributed by atoms with E-state index >= 15 is 0 Å². The molecule has 1 saturated heterocycles. The number of hydrogen-bond acceptors (Lipinski definition) is 5. The highest BCUT2D eigenvalue weighted by Gasteiger charge is 2.33. The first kappa shape index (κ1) is 20.3. The Morgan fingerprint density at radius 2 is 1.82 bits per heavy atom. The molecular weight excluding hydrogens is 380 g/mol. The van der Waals surface area contributed by atoms with Gasteiger partial charge in [0.15, 0.2) is 0 Å². The molecular formula is C19H26N4O4S. The number of hydrogen-bond donors (Lipinski definition) is 1. The maximum Gasteiger partial charge on any atom is 0.246 e. The molecule has 0 unspecified atom stereocenters. The van der Waals surface area contributed by atoms with Crippen molar-refractivity contribution in [1.82, 2.24) is 19.4 Å². The van der Waals surface area contributed by atoms with Gasteiger partial charge in [-0.05, 0) is 32.4 Å². The molecule has 1 amide bonds. The van der Waals surface area contributed by atoms with Crippen LogP contribution in [0.15, 0.2) is 35.2 Å². The van der Waals surface area contributed by atoms with Crippen LogP contribution in [-0.4, -0.2) is 66.5 Å². The molecule has 3 rings (SSSR count). The van der Waals surface area contributed by atoms with Gasteiger partial charge in [0.1, 0.15) is 10.6 Å². The molecule has 0 atom stereocenters. The van der Waals surface area contributed by atoms with Crippen LogP contribution in [0.4, 0.5) is 0 Å². The average Bonchev–Trinajstić information content (AvgIpc) is 3.05. The standard InChI is InChI=1S/C19H26N4O4S/c1-15-19(16(2)21-20-15)28(25,26)23-12-10-22(11-13-23)18(24)9-6-14-27-17-7-4-3-5-8-17/h3-5,7-8H,6,9-14H2,1-2H3,(H,20,21).